The monoisotopic (exact) mass is 268 g/mol. The van der Waals surface area contributed by atoms with Crippen LogP contribution < -0.4 is 9.47 Å². The van der Waals surface area contributed by atoms with Crippen LogP contribution in [0.15, 0.2) is 18.2 Å². The van der Waals surface area contributed by atoms with Gasteiger partial charge in [-0.05, 0) is 18.9 Å². The van der Waals surface area contributed by atoms with Crippen LogP contribution in [0.3, 0.4) is 0 Å². The smallest absolute Gasteiger partial charge is 0.166 e. The minimum Gasteiger partial charge on any atom is -0.493 e. The second kappa shape index (κ2) is 8.02. The van der Waals surface area contributed by atoms with Gasteiger partial charge < -0.3 is 18.9 Å². The predicted octanol–water partition coefficient (Wildman–Crippen LogP) is 3.24. The normalized spacial score (nSPS) is 12.5. The lowest BCUT2D eigenvalue weighted by molar-refractivity contribution is -0.143. The van der Waals surface area contributed by atoms with Crippen molar-refractivity contribution >= 4 is 0 Å². The molecule has 1 atom stereocenters. The topological polar surface area (TPSA) is 36.9 Å². The molecule has 0 spiro atoms. The Balaban J connectivity index is 2.57. The van der Waals surface area contributed by atoms with Gasteiger partial charge in [0.05, 0.1) is 27.4 Å². The minimum atomic E-state index is -0.238. The van der Waals surface area contributed by atoms with E-state index in [1.54, 1.807) is 14.2 Å². The van der Waals surface area contributed by atoms with Crippen LogP contribution >= 0.6 is 0 Å². The summed E-state index contributed by atoms with van der Waals surface area (Å²) in [6.07, 6.45) is -0.238. The zero-order valence-corrected chi connectivity index (χ0v) is 12.4. The quantitative estimate of drug-likeness (QED) is 0.678. The molecule has 19 heavy (non-hydrogen) atoms. The molecule has 1 aromatic carbocycles. The average Bonchev–Trinajstić information content (AvgIpc) is 2.42. The second-order valence-electron chi connectivity index (χ2n) is 4.76. The third kappa shape index (κ3) is 5.09. The summed E-state index contributed by atoms with van der Waals surface area (Å²) < 4.78 is 21.8. The number of benzene rings is 1. The number of ether oxygens (including phenoxy) is 4. The largest absolute Gasteiger partial charge is 0.493 e. The molecular formula is C15H24O4. The van der Waals surface area contributed by atoms with Gasteiger partial charge in [0.1, 0.15) is 0 Å². The van der Waals surface area contributed by atoms with Crippen molar-refractivity contribution in [3.05, 3.63) is 23.8 Å². The van der Waals surface area contributed by atoms with Gasteiger partial charge in [-0.1, -0.05) is 26.0 Å². The molecule has 0 aliphatic rings. The van der Waals surface area contributed by atoms with Gasteiger partial charge in [-0.25, -0.2) is 0 Å². The van der Waals surface area contributed by atoms with Gasteiger partial charge in [0, 0.05) is 5.56 Å². The van der Waals surface area contributed by atoms with E-state index in [1.165, 1.54) is 0 Å². The number of para-hydroxylation sites is 1. The first-order valence-corrected chi connectivity index (χ1v) is 6.51. The molecule has 0 radical (unpaired) electrons. The highest BCUT2D eigenvalue weighted by Gasteiger charge is 2.11. The standard InChI is InChI=1S/C15H24O4/c1-11(2)9-18-12(3)19-10-13-7-6-8-14(16-4)15(13)17-5/h6-8,11-12H,9-10H2,1-5H3/t12-/m1/s1. The molecule has 1 rings (SSSR count). The summed E-state index contributed by atoms with van der Waals surface area (Å²) in [5.74, 6) is 1.91. The lowest BCUT2D eigenvalue weighted by Crippen LogP contribution is -2.16. The number of methoxy groups -OCH3 is 2. The van der Waals surface area contributed by atoms with Crippen molar-refractivity contribution in [2.45, 2.75) is 33.7 Å². The van der Waals surface area contributed by atoms with Gasteiger partial charge in [-0.2, -0.15) is 0 Å². The maximum absolute atomic E-state index is 5.66. The Morgan fingerprint density at radius 1 is 1.00 bits per heavy atom. The summed E-state index contributed by atoms with van der Waals surface area (Å²) in [6.45, 7) is 7.24. The van der Waals surface area contributed by atoms with Crippen molar-refractivity contribution in [1.29, 1.82) is 0 Å². The molecule has 1 aromatic rings. The first-order chi connectivity index (χ1) is 9.08. The molecule has 0 aromatic heterocycles. The van der Waals surface area contributed by atoms with Gasteiger partial charge in [0.25, 0.3) is 0 Å². The van der Waals surface area contributed by atoms with Gasteiger partial charge >= 0.3 is 0 Å². The van der Waals surface area contributed by atoms with Gasteiger partial charge in [0.15, 0.2) is 17.8 Å². The molecule has 108 valence electrons. The Bertz CT molecular complexity index is 376. The fourth-order valence-electron chi connectivity index (χ4n) is 1.65. The highest BCUT2D eigenvalue weighted by molar-refractivity contribution is 5.46. The van der Waals surface area contributed by atoms with Crippen molar-refractivity contribution < 1.29 is 18.9 Å². The molecule has 0 fully saturated rings. The maximum Gasteiger partial charge on any atom is 0.166 e. The van der Waals surface area contributed by atoms with E-state index in [0.29, 0.717) is 30.6 Å². The summed E-state index contributed by atoms with van der Waals surface area (Å²) in [6, 6.07) is 5.73. The maximum atomic E-state index is 5.66. The summed E-state index contributed by atoms with van der Waals surface area (Å²) >= 11 is 0. The van der Waals surface area contributed by atoms with Crippen molar-refractivity contribution in [3.63, 3.8) is 0 Å². The third-order valence-corrected chi connectivity index (χ3v) is 2.62. The van der Waals surface area contributed by atoms with Crippen molar-refractivity contribution in [3.8, 4) is 11.5 Å². The molecular weight excluding hydrogens is 244 g/mol. The lowest BCUT2D eigenvalue weighted by atomic mass is 10.2. The summed E-state index contributed by atoms with van der Waals surface area (Å²) in [5.41, 5.74) is 0.946. The SMILES string of the molecule is COc1cccc(CO[C@H](C)OCC(C)C)c1OC. The minimum absolute atomic E-state index is 0.238. The van der Waals surface area contributed by atoms with E-state index in [2.05, 4.69) is 13.8 Å². The first kappa shape index (κ1) is 15.8. The molecule has 0 heterocycles. The van der Waals surface area contributed by atoms with Crippen molar-refractivity contribution in [2.24, 2.45) is 5.92 Å². The van der Waals surface area contributed by atoms with E-state index in [4.69, 9.17) is 18.9 Å². The number of rotatable bonds is 8. The molecule has 0 N–H and O–H groups in total. The van der Waals surface area contributed by atoms with Crippen molar-refractivity contribution in [2.75, 3.05) is 20.8 Å². The highest BCUT2D eigenvalue weighted by atomic mass is 16.7. The molecule has 0 unspecified atom stereocenters. The van der Waals surface area contributed by atoms with Crippen molar-refractivity contribution in [1.82, 2.24) is 0 Å². The Labute approximate surface area is 115 Å². The van der Waals surface area contributed by atoms with E-state index in [0.717, 1.165) is 5.56 Å². The summed E-state index contributed by atoms with van der Waals surface area (Å²) in [7, 11) is 3.25. The number of hydrogen-bond acceptors (Lipinski definition) is 4. The van der Waals surface area contributed by atoms with Crippen LogP contribution in [0.1, 0.15) is 26.3 Å². The molecule has 0 amide bonds. The Morgan fingerprint density at radius 3 is 2.32 bits per heavy atom. The molecule has 4 heteroatoms. The first-order valence-electron chi connectivity index (χ1n) is 6.51. The second-order valence-corrected chi connectivity index (χ2v) is 4.76. The Morgan fingerprint density at radius 2 is 1.74 bits per heavy atom. The van der Waals surface area contributed by atoms with E-state index >= 15 is 0 Å². The lowest BCUT2D eigenvalue weighted by Gasteiger charge is -2.17. The molecule has 0 aliphatic carbocycles. The van der Waals surface area contributed by atoms with Crippen LogP contribution in [-0.2, 0) is 16.1 Å². The third-order valence-electron chi connectivity index (χ3n) is 2.62. The van der Waals surface area contributed by atoms with Crippen LogP contribution in [0.4, 0.5) is 0 Å². The van der Waals surface area contributed by atoms with E-state index in [-0.39, 0.29) is 6.29 Å². The molecule has 0 bridgehead atoms. The fraction of sp³-hybridized carbons (Fsp3) is 0.600. The average molecular weight is 268 g/mol. The molecule has 0 aliphatic heterocycles. The number of hydrogen-bond donors (Lipinski definition) is 0. The van der Waals surface area contributed by atoms with Crippen LogP contribution in [0, 0.1) is 5.92 Å². The fourth-order valence-corrected chi connectivity index (χ4v) is 1.65. The molecule has 0 saturated heterocycles. The van der Waals surface area contributed by atoms with E-state index < -0.39 is 0 Å². The van der Waals surface area contributed by atoms with Crippen LogP contribution in [-0.4, -0.2) is 27.1 Å². The van der Waals surface area contributed by atoms with Crippen LogP contribution in [0.2, 0.25) is 0 Å². The van der Waals surface area contributed by atoms with Gasteiger partial charge in [0.2, 0.25) is 0 Å². The zero-order chi connectivity index (χ0) is 14.3. The zero-order valence-electron chi connectivity index (χ0n) is 12.4. The Hall–Kier alpha value is -1.26. The van der Waals surface area contributed by atoms with E-state index in [1.807, 2.05) is 25.1 Å². The summed E-state index contributed by atoms with van der Waals surface area (Å²) in [5, 5.41) is 0. The van der Waals surface area contributed by atoms with Gasteiger partial charge in [-0.15, -0.1) is 0 Å². The highest BCUT2D eigenvalue weighted by Crippen LogP contribution is 2.31. The molecule has 4 nitrogen and oxygen atoms in total. The Kier molecular flexibility index (Phi) is 6.67. The summed E-state index contributed by atoms with van der Waals surface area (Å²) in [4.78, 5) is 0. The van der Waals surface area contributed by atoms with Gasteiger partial charge in [-0.3, -0.25) is 0 Å². The van der Waals surface area contributed by atoms with Crippen LogP contribution in [0.5, 0.6) is 11.5 Å². The van der Waals surface area contributed by atoms with Crippen LogP contribution in [0.25, 0.3) is 0 Å². The van der Waals surface area contributed by atoms with E-state index in [9.17, 15) is 0 Å². The predicted molar refractivity (Wildman–Crippen MR) is 74.6 cm³/mol. The molecule has 0 saturated carbocycles.